The Kier molecular flexibility index (Phi) is 3.76. The van der Waals surface area contributed by atoms with Crippen molar-refractivity contribution in [1.82, 2.24) is 25.5 Å². The number of pyridine rings is 1. The number of amides is 2. The molecule has 0 aliphatic carbocycles. The maximum atomic E-state index is 11.8. The monoisotopic (exact) mass is 320 g/mol. The van der Waals surface area contributed by atoms with E-state index < -0.39 is 0 Å². The van der Waals surface area contributed by atoms with Gasteiger partial charge in [-0.2, -0.15) is 0 Å². The summed E-state index contributed by atoms with van der Waals surface area (Å²) in [5.74, 6) is 0. The number of aryl methyl sites for hydroxylation is 2. The number of rotatable bonds is 3. The largest absolute Gasteiger partial charge is 0.331 e. The average molecular weight is 320 g/mol. The lowest BCUT2D eigenvalue weighted by atomic mass is 10.4. The maximum absolute atomic E-state index is 11.8. The summed E-state index contributed by atoms with van der Waals surface area (Å²) in [6, 6.07) is 3.46. The molecule has 3 rings (SSSR count). The number of thiazole rings is 1. The standard InChI is InChI=1S/C12H12N6OS2/c1-6-3-4-8-10(14-6)21-12(15-8)16-11(19)13-5-9-18-17-7(2)20-9/h3-4H,5H2,1-2H3,(H2,13,15,16,19). The summed E-state index contributed by atoms with van der Waals surface area (Å²) in [5.41, 5.74) is 1.70. The smallest absolute Gasteiger partial charge is 0.321 e. The fraction of sp³-hybridized carbons (Fsp3) is 0.250. The van der Waals surface area contributed by atoms with Gasteiger partial charge in [0.25, 0.3) is 0 Å². The molecule has 0 spiro atoms. The molecule has 0 aromatic carbocycles. The predicted molar refractivity (Wildman–Crippen MR) is 82.7 cm³/mol. The quantitative estimate of drug-likeness (QED) is 0.773. The number of carbonyl (C=O) groups excluding carboxylic acids is 1. The fourth-order valence-corrected chi connectivity index (χ4v) is 3.20. The minimum atomic E-state index is -0.321. The van der Waals surface area contributed by atoms with Gasteiger partial charge in [-0.25, -0.2) is 14.8 Å². The minimum absolute atomic E-state index is 0.321. The highest BCUT2D eigenvalue weighted by atomic mass is 32.1. The minimum Gasteiger partial charge on any atom is -0.331 e. The molecule has 21 heavy (non-hydrogen) atoms. The van der Waals surface area contributed by atoms with Gasteiger partial charge in [-0.1, -0.05) is 22.7 Å². The highest BCUT2D eigenvalue weighted by Crippen LogP contribution is 2.24. The SMILES string of the molecule is Cc1ccc2nc(NC(=O)NCc3nnc(C)s3)sc2n1. The molecule has 0 atom stereocenters. The predicted octanol–water partition coefficient (Wildman–Crippen LogP) is 2.48. The zero-order valence-electron chi connectivity index (χ0n) is 11.4. The lowest BCUT2D eigenvalue weighted by Gasteiger charge is -2.02. The zero-order chi connectivity index (χ0) is 14.8. The Morgan fingerprint density at radius 3 is 2.81 bits per heavy atom. The molecule has 9 heteroatoms. The van der Waals surface area contributed by atoms with Gasteiger partial charge in [0, 0.05) is 5.69 Å². The highest BCUT2D eigenvalue weighted by molar-refractivity contribution is 7.21. The molecule has 0 fully saturated rings. The first kappa shape index (κ1) is 13.8. The van der Waals surface area contributed by atoms with Crippen LogP contribution < -0.4 is 10.6 Å². The van der Waals surface area contributed by atoms with Gasteiger partial charge in [-0.15, -0.1) is 10.2 Å². The summed E-state index contributed by atoms with van der Waals surface area (Å²) in [6.07, 6.45) is 0. The number of hydrogen-bond donors (Lipinski definition) is 2. The van der Waals surface area contributed by atoms with Gasteiger partial charge >= 0.3 is 6.03 Å². The van der Waals surface area contributed by atoms with E-state index in [1.165, 1.54) is 22.7 Å². The molecule has 108 valence electrons. The third-order valence-electron chi connectivity index (χ3n) is 2.58. The Morgan fingerprint density at radius 2 is 2.05 bits per heavy atom. The van der Waals surface area contributed by atoms with Crippen molar-refractivity contribution in [3.05, 3.63) is 27.8 Å². The summed E-state index contributed by atoms with van der Waals surface area (Å²) in [6.45, 7) is 4.14. The van der Waals surface area contributed by atoms with Crippen molar-refractivity contribution in [3.8, 4) is 0 Å². The number of anilines is 1. The van der Waals surface area contributed by atoms with Gasteiger partial charge in [0.1, 0.15) is 20.4 Å². The number of nitrogens with one attached hydrogen (secondary N) is 2. The lowest BCUT2D eigenvalue weighted by molar-refractivity contribution is 0.251. The normalized spacial score (nSPS) is 10.8. The van der Waals surface area contributed by atoms with Crippen molar-refractivity contribution >= 4 is 44.2 Å². The molecule has 7 nitrogen and oxygen atoms in total. The van der Waals surface area contributed by atoms with Gasteiger partial charge in [0.2, 0.25) is 0 Å². The third kappa shape index (κ3) is 3.31. The first-order valence-corrected chi connectivity index (χ1v) is 7.81. The van der Waals surface area contributed by atoms with Gasteiger partial charge in [-0.3, -0.25) is 5.32 Å². The van der Waals surface area contributed by atoms with Crippen LogP contribution >= 0.6 is 22.7 Å². The summed E-state index contributed by atoms with van der Waals surface area (Å²) in [7, 11) is 0. The molecule has 2 amide bonds. The number of fused-ring (bicyclic) bond motifs is 1. The highest BCUT2D eigenvalue weighted by Gasteiger charge is 2.09. The zero-order valence-corrected chi connectivity index (χ0v) is 13.0. The second kappa shape index (κ2) is 5.70. The van der Waals surface area contributed by atoms with Crippen LogP contribution in [0.15, 0.2) is 12.1 Å². The molecule has 0 aliphatic heterocycles. The molecule has 0 unspecified atom stereocenters. The second-order valence-electron chi connectivity index (χ2n) is 4.32. The van der Waals surface area contributed by atoms with Crippen LogP contribution in [0.25, 0.3) is 10.3 Å². The van der Waals surface area contributed by atoms with Crippen molar-refractivity contribution in [1.29, 1.82) is 0 Å². The molecule has 2 N–H and O–H groups in total. The molecule has 0 radical (unpaired) electrons. The second-order valence-corrected chi connectivity index (χ2v) is 6.56. The molecule has 3 aromatic rings. The Labute approximate surface area is 128 Å². The van der Waals surface area contributed by atoms with E-state index in [-0.39, 0.29) is 6.03 Å². The molecular formula is C12H12N6OS2. The van der Waals surface area contributed by atoms with E-state index in [0.29, 0.717) is 11.7 Å². The molecule has 0 saturated heterocycles. The van der Waals surface area contributed by atoms with E-state index in [2.05, 4.69) is 30.8 Å². The van der Waals surface area contributed by atoms with E-state index >= 15 is 0 Å². The Morgan fingerprint density at radius 1 is 1.19 bits per heavy atom. The lowest BCUT2D eigenvalue weighted by Crippen LogP contribution is -2.28. The molecule has 0 bridgehead atoms. The number of urea groups is 1. The first-order valence-electron chi connectivity index (χ1n) is 6.18. The van der Waals surface area contributed by atoms with E-state index in [9.17, 15) is 4.79 Å². The maximum Gasteiger partial charge on any atom is 0.321 e. The van der Waals surface area contributed by atoms with Crippen molar-refractivity contribution in [2.45, 2.75) is 20.4 Å². The number of carbonyl (C=O) groups is 1. The van der Waals surface area contributed by atoms with Crippen molar-refractivity contribution in [3.63, 3.8) is 0 Å². The van der Waals surface area contributed by atoms with Gasteiger partial charge in [0.15, 0.2) is 5.13 Å². The fourth-order valence-electron chi connectivity index (χ4n) is 1.67. The van der Waals surface area contributed by atoms with Crippen LogP contribution in [-0.4, -0.2) is 26.2 Å². The average Bonchev–Trinajstić information content (AvgIpc) is 3.01. The number of aromatic nitrogens is 4. The molecule has 0 aliphatic rings. The van der Waals surface area contributed by atoms with Crippen LogP contribution in [0.3, 0.4) is 0 Å². The van der Waals surface area contributed by atoms with Crippen molar-refractivity contribution in [2.24, 2.45) is 0 Å². The summed E-state index contributed by atoms with van der Waals surface area (Å²) in [5, 5.41) is 15.4. The topological polar surface area (TPSA) is 92.7 Å². The third-order valence-corrected chi connectivity index (χ3v) is 4.30. The van der Waals surface area contributed by atoms with E-state index in [1.54, 1.807) is 0 Å². The number of hydrogen-bond acceptors (Lipinski definition) is 7. The van der Waals surface area contributed by atoms with Gasteiger partial charge in [-0.05, 0) is 26.0 Å². The molecular weight excluding hydrogens is 308 g/mol. The van der Waals surface area contributed by atoms with Gasteiger partial charge in [0.05, 0.1) is 6.54 Å². The van der Waals surface area contributed by atoms with Gasteiger partial charge < -0.3 is 5.32 Å². The van der Waals surface area contributed by atoms with Crippen LogP contribution in [0.4, 0.5) is 9.93 Å². The summed E-state index contributed by atoms with van der Waals surface area (Å²) >= 11 is 2.80. The Bertz CT molecular complexity index is 796. The van der Waals surface area contributed by atoms with Crippen LogP contribution in [0.2, 0.25) is 0 Å². The molecule has 0 saturated carbocycles. The van der Waals surface area contributed by atoms with E-state index in [1.807, 2.05) is 26.0 Å². The summed E-state index contributed by atoms with van der Waals surface area (Å²) in [4.78, 5) is 21.3. The molecule has 3 heterocycles. The van der Waals surface area contributed by atoms with Crippen LogP contribution in [0.1, 0.15) is 15.7 Å². The summed E-state index contributed by atoms with van der Waals surface area (Å²) < 4.78 is 0. The van der Waals surface area contributed by atoms with Crippen molar-refractivity contribution in [2.75, 3.05) is 5.32 Å². The van der Waals surface area contributed by atoms with Crippen LogP contribution in [0.5, 0.6) is 0 Å². The Hall–Kier alpha value is -2.13. The van der Waals surface area contributed by atoms with Crippen LogP contribution in [0, 0.1) is 13.8 Å². The number of nitrogens with zero attached hydrogens (tertiary/aromatic N) is 4. The van der Waals surface area contributed by atoms with Crippen LogP contribution in [-0.2, 0) is 6.54 Å². The Balaban J connectivity index is 1.63. The first-order chi connectivity index (χ1) is 10.1. The molecule has 3 aromatic heterocycles. The van der Waals surface area contributed by atoms with E-state index in [4.69, 9.17) is 0 Å². The van der Waals surface area contributed by atoms with Crippen molar-refractivity contribution < 1.29 is 4.79 Å². The van der Waals surface area contributed by atoms with E-state index in [0.717, 1.165) is 26.1 Å².